The average Bonchev–Trinajstić information content (AvgIpc) is 2.13. The highest BCUT2D eigenvalue weighted by Crippen LogP contribution is 2.46. The fourth-order valence-corrected chi connectivity index (χ4v) is 1.98. The van der Waals surface area contributed by atoms with Crippen LogP contribution in [0.1, 0.15) is 27.2 Å². The molecule has 0 amide bonds. The lowest BCUT2D eigenvalue weighted by Crippen LogP contribution is -2.27. The number of hydrogen-bond donors (Lipinski definition) is 2. The van der Waals surface area contributed by atoms with Crippen molar-refractivity contribution in [2.24, 2.45) is 17.3 Å². The van der Waals surface area contributed by atoms with Crippen LogP contribution in [0.3, 0.4) is 0 Å². The molecule has 1 aliphatic rings. The van der Waals surface area contributed by atoms with Gasteiger partial charge in [0.1, 0.15) is 0 Å². The Morgan fingerprint density at radius 1 is 1.45 bits per heavy atom. The third-order valence-electron chi connectivity index (χ3n) is 3.55. The highest BCUT2D eigenvalue weighted by molar-refractivity contribution is 4.94. The van der Waals surface area contributed by atoms with Gasteiger partial charge in [0.15, 0.2) is 0 Å². The van der Waals surface area contributed by atoms with E-state index in [0.29, 0.717) is 5.92 Å². The van der Waals surface area contributed by atoms with Crippen molar-refractivity contribution >= 4 is 0 Å². The van der Waals surface area contributed by atoms with E-state index in [2.05, 4.69) is 20.8 Å². The first-order chi connectivity index (χ1) is 5.00. The van der Waals surface area contributed by atoms with Crippen molar-refractivity contribution in [1.82, 2.24) is 0 Å². The smallest absolute Gasteiger partial charge is 0.0574 e. The zero-order chi connectivity index (χ0) is 8.65. The van der Waals surface area contributed by atoms with Crippen LogP contribution in [0, 0.1) is 17.3 Å². The molecule has 0 radical (unpaired) electrons. The fourth-order valence-electron chi connectivity index (χ4n) is 1.98. The van der Waals surface area contributed by atoms with E-state index in [9.17, 15) is 5.11 Å². The van der Waals surface area contributed by atoms with Crippen LogP contribution in [0.2, 0.25) is 0 Å². The number of rotatable bonds is 1. The van der Waals surface area contributed by atoms with Crippen LogP contribution in [0.5, 0.6) is 0 Å². The predicted octanol–water partition coefficient (Wildman–Crippen LogP) is 1.02. The third-order valence-corrected chi connectivity index (χ3v) is 3.55. The maximum Gasteiger partial charge on any atom is 0.0574 e. The van der Waals surface area contributed by atoms with E-state index in [-0.39, 0.29) is 24.0 Å². The van der Waals surface area contributed by atoms with Crippen molar-refractivity contribution in [2.45, 2.75) is 33.3 Å². The maximum absolute atomic E-state index is 9.52. The molecule has 1 rings (SSSR count). The van der Waals surface area contributed by atoms with E-state index < -0.39 is 0 Å². The monoisotopic (exact) mass is 158 g/mol. The normalized spacial score (nSPS) is 42.8. The molecule has 0 heterocycles. The Balaban J connectivity index is 2.74. The Labute approximate surface area is 68.2 Å². The molecule has 2 nitrogen and oxygen atoms in total. The molecular formula is C9H18O2. The highest BCUT2D eigenvalue weighted by Gasteiger charge is 2.45. The quantitative estimate of drug-likeness (QED) is 0.598. The molecule has 66 valence electrons. The Bertz CT molecular complexity index is 142. The fraction of sp³-hybridized carbons (Fsp3) is 1.00. The molecule has 0 aromatic rings. The molecule has 3 atom stereocenters. The van der Waals surface area contributed by atoms with Crippen LogP contribution >= 0.6 is 0 Å². The van der Waals surface area contributed by atoms with E-state index >= 15 is 0 Å². The minimum atomic E-state index is -0.220. The SMILES string of the molecule is C[C@@H]1[C@@H](O)C[C@H](CO)C1(C)C. The summed E-state index contributed by atoms with van der Waals surface area (Å²) < 4.78 is 0. The second kappa shape index (κ2) is 2.76. The van der Waals surface area contributed by atoms with Crippen LogP contribution in [0.4, 0.5) is 0 Å². The molecule has 1 fully saturated rings. The van der Waals surface area contributed by atoms with Gasteiger partial charge in [0.2, 0.25) is 0 Å². The van der Waals surface area contributed by atoms with Gasteiger partial charge in [-0.25, -0.2) is 0 Å². The second-order valence-electron chi connectivity index (χ2n) is 4.29. The third kappa shape index (κ3) is 1.30. The standard InChI is InChI=1S/C9H18O2/c1-6-8(11)4-7(5-10)9(6,2)3/h6-8,10-11H,4-5H2,1-3H3/t6-,7-,8+/m1/s1. The average molecular weight is 158 g/mol. The topological polar surface area (TPSA) is 40.5 Å². The van der Waals surface area contributed by atoms with Gasteiger partial charge in [-0.15, -0.1) is 0 Å². The second-order valence-corrected chi connectivity index (χ2v) is 4.29. The molecular weight excluding hydrogens is 140 g/mol. The van der Waals surface area contributed by atoms with E-state index in [1.807, 2.05) is 0 Å². The Morgan fingerprint density at radius 2 is 2.00 bits per heavy atom. The van der Waals surface area contributed by atoms with Crippen LogP contribution in [-0.4, -0.2) is 22.9 Å². The molecule has 0 unspecified atom stereocenters. The van der Waals surface area contributed by atoms with Gasteiger partial charge in [0.25, 0.3) is 0 Å². The zero-order valence-electron chi connectivity index (χ0n) is 7.54. The first-order valence-electron chi connectivity index (χ1n) is 4.29. The lowest BCUT2D eigenvalue weighted by molar-refractivity contribution is 0.0916. The van der Waals surface area contributed by atoms with Crippen LogP contribution in [-0.2, 0) is 0 Å². The molecule has 0 aromatic carbocycles. The summed E-state index contributed by atoms with van der Waals surface area (Å²) >= 11 is 0. The van der Waals surface area contributed by atoms with Gasteiger partial charge >= 0.3 is 0 Å². The minimum absolute atomic E-state index is 0.0914. The van der Waals surface area contributed by atoms with Gasteiger partial charge in [0, 0.05) is 6.61 Å². The van der Waals surface area contributed by atoms with Gasteiger partial charge in [-0.05, 0) is 23.7 Å². The molecule has 0 bridgehead atoms. The molecule has 1 saturated carbocycles. The molecule has 2 N–H and O–H groups in total. The van der Waals surface area contributed by atoms with E-state index in [1.165, 1.54) is 0 Å². The zero-order valence-corrected chi connectivity index (χ0v) is 7.54. The summed E-state index contributed by atoms with van der Waals surface area (Å²) in [6.45, 7) is 6.50. The van der Waals surface area contributed by atoms with Gasteiger partial charge in [-0.2, -0.15) is 0 Å². The summed E-state index contributed by atoms with van der Waals surface area (Å²) in [5.41, 5.74) is 0.0914. The van der Waals surface area contributed by atoms with Gasteiger partial charge in [-0.1, -0.05) is 20.8 Å². The van der Waals surface area contributed by atoms with Crippen LogP contribution in [0.25, 0.3) is 0 Å². The van der Waals surface area contributed by atoms with E-state index in [4.69, 9.17) is 5.11 Å². The van der Waals surface area contributed by atoms with Crippen molar-refractivity contribution in [3.05, 3.63) is 0 Å². The summed E-state index contributed by atoms with van der Waals surface area (Å²) in [4.78, 5) is 0. The van der Waals surface area contributed by atoms with Crippen LogP contribution < -0.4 is 0 Å². The Hall–Kier alpha value is -0.0800. The summed E-state index contributed by atoms with van der Waals surface area (Å²) in [5, 5.41) is 18.5. The van der Waals surface area contributed by atoms with Gasteiger partial charge < -0.3 is 10.2 Å². The van der Waals surface area contributed by atoms with Crippen molar-refractivity contribution < 1.29 is 10.2 Å². The van der Waals surface area contributed by atoms with Gasteiger partial charge in [-0.3, -0.25) is 0 Å². The van der Waals surface area contributed by atoms with Crippen molar-refractivity contribution in [3.63, 3.8) is 0 Å². The minimum Gasteiger partial charge on any atom is -0.396 e. The van der Waals surface area contributed by atoms with Crippen LogP contribution in [0.15, 0.2) is 0 Å². The lowest BCUT2D eigenvalue weighted by atomic mass is 9.76. The molecule has 2 heteroatoms. The molecule has 0 aliphatic heterocycles. The number of hydrogen-bond acceptors (Lipinski definition) is 2. The van der Waals surface area contributed by atoms with Crippen molar-refractivity contribution in [1.29, 1.82) is 0 Å². The van der Waals surface area contributed by atoms with Crippen molar-refractivity contribution in [3.8, 4) is 0 Å². The first kappa shape index (κ1) is 9.01. The Morgan fingerprint density at radius 3 is 2.18 bits per heavy atom. The number of aliphatic hydroxyl groups is 2. The molecule has 0 saturated heterocycles. The number of aliphatic hydroxyl groups excluding tert-OH is 2. The van der Waals surface area contributed by atoms with Crippen molar-refractivity contribution in [2.75, 3.05) is 6.61 Å². The Kier molecular flexibility index (Phi) is 2.26. The molecule has 0 aromatic heterocycles. The molecule has 11 heavy (non-hydrogen) atoms. The van der Waals surface area contributed by atoms with E-state index in [0.717, 1.165) is 6.42 Å². The van der Waals surface area contributed by atoms with Gasteiger partial charge in [0.05, 0.1) is 6.10 Å². The summed E-state index contributed by atoms with van der Waals surface area (Å²) in [5.74, 6) is 0.576. The lowest BCUT2D eigenvalue weighted by Gasteiger charge is -2.29. The summed E-state index contributed by atoms with van der Waals surface area (Å²) in [6.07, 6.45) is 0.534. The van der Waals surface area contributed by atoms with E-state index in [1.54, 1.807) is 0 Å². The first-order valence-corrected chi connectivity index (χ1v) is 4.29. The molecule has 1 aliphatic carbocycles. The summed E-state index contributed by atoms with van der Waals surface area (Å²) in [6, 6.07) is 0. The maximum atomic E-state index is 9.52. The highest BCUT2D eigenvalue weighted by atomic mass is 16.3. The predicted molar refractivity (Wildman–Crippen MR) is 44.1 cm³/mol. The summed E-state index contributed by atoms with van der Waals surface area (Å²) in [7, 11) is 0. The largest absolute Gasteiger partial charge is 0.396 e. The molecule has 0 spiro atoms.